The molecule has 0 bridgehead atoms. The number of benzene rings is 2. The van der Waals surface area contributed by atoms with Crippen molar-refractivity contribution in [3.63, 3.8) is 0 Å². The standard InChI is InChI=1S/C26H22BrN5OS/c27-18-8-6-11-20(16-18)31-15-7-13-22(31)25-24(21-12-4-5-14-28-21)30-26(34)32(25)17-23(33)29-19-9-2-1-3-10-19/h1-16,24-25H,17H2,(H,29,33)(H,30,34)/t24-,25+/m1/s1. The Morgan fingerprint density at radius 3 is 2.62 bits per heavy atom. The van der Waals surface area contributed by atoms with Gasteiger partial charge in [0, 0.05) is 33.9 Å². The second-order valence-corrected chi connectivity index (χ2v) is 9.25. The topological polar surface area (TPSA) is 62.2 Å². The van der Waals surface area contributed by atoms with Crippen LogP contribution in [0.2, 0.25) is 0 Å². The van der Waals surface area contributed by atoms with Crippen molar-refractivity contribution in [2.45, 2.75) is 12.1 Å². The largest absolute Gasteiger partial charge is 0.352 e. The molecule has 0 saturated carbocycles. The van der Waals surface area contributed by atoms with Gasteiger partial charge in [0.25, 0.3) is 0 Å². The van der Waals surface area contributed by atoms with Crippen molar-refractivity contribution < 1.29 is 4.79 Å². The summed E-state index contributed by atoms with van der Waals surface area (Å²) < 4.78 is 3.12. The Balaban J connectivity index is 1.52. The minimum atomic E-state index is -0.238. The number of hydrogen-bond donors (Lipinski definition) is 2. The summed E-state index contributed by atoms with van der Waals surface area (Å²) in [5.41, 5.74) is 3.64. The third-order valence-electron chi connectivity index (χ3n) is 5.74. The quantitative estimate of drug-likeness (QED) is 0.333. The molecule has 2 N–H and O–H groups in total. The third-order valence-corrected chi connectivity index (χ3v) is 6.58. The first-order valence-corrected chi connectivity index (χ1v) is 12.1. The minimum Gasteiger partial charge on any atom is -0.352 e. The summed E-state index contributed by atoms with van der Waals surface area (Å²) in [6, 6.07) is 27.0. The van der Waals surface area contributed by atoms with Crippen LogP contribution in [0.4, 0.5) is 5.69 Å². The Morgan fingerprint density at radius 2 is 1.85 bits per heavy atom. The fourth-order valence-electron chi connectivity index (χ4n) is 4.27. The van der Waals surface area contributed by atoms with Crippen LogP contribution in [0.25, 0.3) is 5.69 Å². The molecule has 0 spiro atoms. The van der Waals surface area contributed by atoms with E-state index in [1.165, 1.54) is 0 Å². The van der Waals surface area contributed by atoms with Gasteiger partial charge in [0.1, 0.15) is 6.54 Å². The van der Waals surface area contributed by atoms with Crippen LogP contribution in [0.3, 0.4) is 0 Å². The van der Waals surface area contributed by atoms with Gasteiger partial charge in [-0.2, -0.15) is 0 Å². The van der Waals surface area contributed by atoms with E-state index in [1.807, 2.05) is 77.8 Å². The number of thiocarbonyl (C=S) groups is 1. The number of halogens is 1. The van der Waals surface area contributed by atoms with Crippen molar-refractivity contribution >= 4 is 44.9 Å². The number of rotatable bonds is 6. The molecule has 2 atom stereocenters. The fraction of sp³-hybridized carbons (Fsp3) is 0.115. The Morgan fingerprint density at radius 1 is 1.03 bits per heavy atom. The molecule has 170 valence electrons. The molecule has 5 rings (SSSR count). The van der Waals surface area contributed by atoms with Crippen LogP contribution in [0, 0.1) is 0 Å². The van der Waals surface area contributed by atoms with E-state index in [2.05, 4.69) is 54.3 Å². The van der Waals surface area contributed by atoms with Gasteiger partial charge in [0.2, 0.25) is 5.91 Å². The van der Waals surface area contributed by atoms with Crippen LogP contribution in [-0.2, 0) is 4.79 Å². The number of aromatic nitrogens is 2. The van der Waals surface area contributed by atoms with E-state index in [0.29, 0.717) is 5.11 Å². The van der Waals surface area contributed by atoms with E-state index in [0.717, 1.165) is 27.2 Å². The average Bonchev–Trinajstić information content (AvgIpc) is 3.45. The highest BCUT2D eigenvalue weighted by atomic mass is 79.9. The summed E-state index contributed by atoms with van der Waals surface area (Å²) >= 11 is 9.29. The maximum absolute atomic E-state index is 13.0. The molecule has 1 aliphatic rings. The normalized spacial score (nSPS) is 17.4. The first-order valence-electron chi connectivity index (χ1n) is 10.9. The highest BCUT2D eigenvalue weighted by molar-refractivity contribution is 9.10. The van der Waals surface area contributed by atoms with Gasteiger partial charge in [0.15, 0.2) is 5.11 Å². The minimum absolute atomic E-state index is 0.110. The van der Waals surface area contributed by atoms with E-state index in [1.54, 1.807) is 6.20 Å². The molecule has 2 aromatic heterocycles. The van der Waals surface area contributed by atoms with Gasteiger partial charge in [-0.25, -0.2) is 0 Å². The molecule has 1 fully saturated rings. The molecule has 4 aromatic rings. The van der Waals surface area contributed by atoms with Crippen molar-refractivity contribution in [3.05, 3.63) is 113 Å². The van der Waals surface area contributed by atoms with Crippen LogP contribution < -0.4 is 10.6 Å². The SMILES string of the molecule is O=C(CN1C(=S)N[C@H](c2ccccn2)[C@@H]1c1cccn1-c1cccc(Br)c1)Nc1ccccc1. The first kappa shape index (κ1) is 22.3. The Kier molecular flexibility index (Phi) is 6.42. The third kappa shape index (κ3) is 4.60. The molecule has 34 heavy (non-hydrogen) atoms. The summed E-state index contributed by atoms with van der Waals surface area (Å²) in [6.07, 6.45) is 3.80. The van der Waals surface area contributed by atoms with Crippen molar-refractivity contribution in [2.75, 3.05) is 11.9 Å². The van der Waals surface area contributed by atoms with E-state index in [9.17, 15) is 4.79 Å². The maximum Gasteiger partial charge on any atom is 0.244 e. The van der Waals surface area contributed by atoms with E-state index < -0.39 is 0 Å². The fourth-order valence-corrected chi connectivity index (χ4v) is 4.96. The number of carbonyl (C=O) groups is 1. The van der Waals surface area contributed by atoms with Crippen molar-refractivity contribution in [3.8, 4) is 5.69 Å². The summed E-state index contributed by atoms with van der Waals surface area (Å²) in [5, 5.41) is 6.90. The summed E-state index contributed by atoms with van der Waals surface area (Å²) in [4.78, 5) is 19.5. The van der Waals surface area contributed by atoms with Gasteiger partial charge < -0.3 is 20.1 Å². The van der Waals surface area contributed by atoms with Gasteiger partial charge in [-0.3, -0.25) is 9.78 Å². The number of nitrogens with one attached hydrogen (secondary N) is 2. The lowest BCUT2D eigenvalue weighted by molar-refractivity contribution is -0.116. The lowest BCUT2D eigenvalue weighted by Gasteiger charge is -2.28. The van der Waals surface area contributed by atoms with Crippen molar-refractivity contribution in [2.24, 2.45) is 0 Å². The number of amides is 1. The molecule has 0 radical (unpaired) electrons. The van der Waals surface area contributed by atoms with Crippen LogP contribution in [0.5, 0.6) is 0 Å². The number of pyridine rings is 1. The van der Waals surface area contributed by atoms with E-state index in [-0.39, 0.29) is 24.5 Å². The molecule has 0 aliphatic carbocycles. The summed E-state index contributed by atoms with van der Waals surface area (Å²) in [5.74, 6) is -0.136. The van der Waals surface area contributed by atoms with Crippen LogP contribution in [0.15, 0.2) is 102 Å². The zero-order valence-corrected chi connectivity index (χ0v) is 20.5. The number of carbonyl (C=O) groups excluding carboxylic acids is 1. The van der Waals surface area contributed by atoms with Gasteiger partial charge in [0.05, 0.1) is 17.8 Å². The highest BCUT2D eigenvalue weighted by Gasteiger charge is 2.42. The molecule has 6 nitrogen and oxygen atoms in total. The molecule has 8 heteroatoms. The predicted octanol–water partition coefficient (Wildman–Crippen LogP) is 5.25. The molecular formula is C26H22BrN5OS. The Hall–Kier alpha value is -3.49. The summed E-state index contributed by atoms with van der Waals surface area (Å²) in [7, 11) is 0. The zero-order chi connectivity index (χ0) is 23.5. The second-order valence-electron chi connectivity index (χ2n) is 7.95. The lowest BCUT2D eigenvalue weighted by Crippen LogP contribution is -2.37. The molecular weight excluding hydrogens is 510 g/mol. The zero-order valence-electron chi connectivity index (χ0n) is 18.1. The first-order chi connectivity index (χ1) is 16.6. The van der Waals surface area contributed by atoms with Crippen LogP contribution in [0.1, 0.15) is 23.5 Å². The molecule has 2 aromatic carbocycles. The van der Waals surface area contributed by atoms with E-state index >= 15 is 0 Å². The Labute approximate surface area is 211 Å². The average molecular weight is 532 g/mol. The maximum atomic E-state index is 13.0. The number of anilines is 1. The van der Waals surface area contributed by atoms with Crippen LogP contribution >= 0.6 is 28.1 Å². The Bertz CT molecular complexity index is 1310. The van der Waals surface area contributed by atoms with Crippen molar-refractivity contribution in [1.82, 2.24) is 19.8 Å². The molecule has 0 unspecified atom stereocenters. The lowest BCUT2D eigenvalue weighted by atomic mass is 10.0. The van der Waals surface area contributed by atoms with Crippen LogP contribution in [-0.4, -0.2) is 32.0 Å². The smallest absolute Gasteiger partial charge is 0.244 e. The van der Waals surface area contributed by atoms with Gasteiger partial charge in [-0.1, -0.05) is 46.3 Å². The van der Waals surface area contributed by atoms with Gasteiger partial charge >= 0.3 is 0 Å². The van der Waals surface area contributed by atoms with Gasteiger partial charge in [-0.05, 0) is 66.8 Å². The van der Waals surface area contributed by atoms with E-state index in [4.69, 9.17) is 12.2 Å². The molecule has 1 amide bonds. The predicted molar refractivity (Wildman–Crippen MR) is 141 cm³/mol. The van der Waals surface area contributed by atoms with Gasteiger partial charge in [-0.15, -0.1) is 0 Å². The molecule has 1 aliphatic heterocycles. The number of para-hydroxylation sites is 1. The summed E-state index contributed by atoms with van der Waals surface area (Å²) in [6.45, 7) is 0.110. The van der Waals surface area contributed by atoms with Crippen molar-refractivity contribution in [1.29, 1.82) is 0 Å². The second kappa shape index (κ2) is 9.79. The number of nitrogens with zero attached hydrogens (tertiary/aromatic N) is 3. The number of hydrogen-bond acceptors (Lipinski definition) is 3. The molecule has 1 saturated heterocycles. The highest BCUT2D eigenvalue weighted by Crippen LogP contribution is 2.39. The molecule has 3 heterocycles. The monoisotopic (exact) mass is 531 g/mol.